The molecule has 2 aromatic heterocycles. The van der Waals surface area contributed by atoms with Gasteiger partial charge in [-0.2, -0.15) is 13.2 Å². The third kappa shape index (κ3) is 5.69. The van der Waals surface area contributed by atoms with Crippen molar-refractivity contribution in [1.82, 2.24) is 28.7 Å². The number of anilines is 1. The van der Waals surface area contributed by atoms with E-state index in [1.165, 1.54) is 12.5 Å². The minimum Gasteiger partial charge on any atom is -0.393 e. The fraction of sp³-hybridized carbons (Fsp3) is 0.519. The summed E-state index contributed by atoms with van der Waals surface area (Å²) in [5, 5.41) is 13.3. The highest BCUT2D eigenvalue weighted by molar-refractivity contribution is 7.96. The molecule has 1 aliphatic carbocycles. The molecule has 0 atom stereocenters. The van der Waals surface area contributed by atoms with Crippen molar-refractivity contribution in [2.75, 3.05) is 37.8 Å². The zero-order chi connectivity index (χ0) is 28.1. The molecule has 0 unspecified atom stereocenters. The van der Waals surface area contributed by atoms with E-state index < -0.39 is 11.7 Å². The largest absolute Gasteiger partial charge is 0.420 e. The molecule has 3 aliphatic rings. The van der Waals surface area contributed by atoms with Crippen molar-refractivity contribution in [1.29, 1.82) is 0 Å². The molecule has 214 valence electrons. The normalized spacial score (nSPS) is 20.4. The number of aliphatic hydroxyl groups excluding tert-OH is 1. The molecule has 2 N–H and O–H groups in total. The molecule has 4 heterocycles. The predicted octanol–water partition coefficient (Wildman–Crippen LogP) is 5.11. The first-order valence-corrected chi connectivity index (χ1v) is 14.9. The molecule has 3 fully saturated rings. The number of halogens is 4. The summed E-state index contributed by atoms with van der Waals surface area (Å²) in [5.41, 5.74) is 0.835. The molecule has 6 rings (SSSR count). The van der Waals surface area contributed by atoms with Crippen molar-refractivity contribution in [3.8, 4) is 17.1 Å². The van der Waals surface area contributed by atoms with Gasteiger partial charge in [0.1, 0.15) is 23.3 Å². The van der Waals surface area contributed by atoms with E-state index in [0.717, 1.165) is 70.2 Å². The van der Waals surface area contributed by atoms with Crippen LogP contribution in [-0.4, -0.2) is 78.4 Å². The van der Waals surface area contributed by atoms with Crippen molar-refractivity contribution in [3.05, 3.63) is 53.1 Å². The Balaban J connectivity index is 1.18. The van der Waals surface area contributed by atoms with E-state index in [4.69, 9.17) is 11.6 Å². The molecule has 13 heteroatoms. The molecule has 1 saturated carbocycles. The zero-order valence-corrected chi connectivity index (χ0v) is 23.6. The number of hydrogen-bond acceptors (Lipinski definition) is 8. The quantitative estimate of drug-likeness (QED) is 0.366. The number of imidazole rings is 1. The summed E-state index contributed by atoms with van der Waals surface area (Å²) >= 11 is 8.30. The van der Waals surface area contributed by atoms with Crippen LogP contribution in [0.1, 0.15) is 36.8 Å². The Morgan fingerprint density at radius 2 is 1.93 bits per heavy atom. The molecule has 1 aromatic carbocycles. The van der Waals surface area contributed by atoms with Gasteiger partial charge in [0.15, 0.2) is 0 Å². The third-order valence-electron chi connectivity index (χ3n) is 8.12. The smallest absolute Gasteiger partial charge is 0.393 e. The highest BCUT2D eigenvalue weighted by atomic mass is 35.5. The van der Waals surface area contributed by atoms with Crippen molar-refractivity contribution < 1.29 is 18.3 Å². The van der Waals surface area contributed by atoms with Crippen molar-refractivity contribution in [3.63, 3.8) is 0 Å². The highest BCUT2D eigenvalue weighted by Gasteiger charge is 2.51. The van der Waals surface area contributed by atoms with Crippen molar-refractivity contribution >= 4 is 29.5 Å². The first kappa shape index (κ1) is 27.8. The monoisotopic (exact) mass is 593 g/mol. The van der Waals surface area contributed by atoms with Gasteiger partial charge in [0.2, 0.25) is 5.95 Å². The number of hydrogen-bond donors (Lipinski definition) is 2. The fourth-order valence-electron chi connectivity index (χ4n) is 6.12. The van der Waals surface area contributed by atoms with Gasteiger partial charge in [0.05, 0.1) is 16.8 Å². The summed E-state index contributed by atoms with van der Waals surface area (Å²) in [6, 6.07) is 5.79. The van der Waals surface area contributed by atoms with Gasteiger partial charge in [-0.3, -0.25) is 9.21 Å². The van der Waals surface area contributed by atoms with E-state index in [-0.39, 0.29) is 34.9 Å². The molecule has 1 spiro atoms. The Hall–Kier alpha value is -2.38. The Kier molecular flexibility index (Phi) is 7.49. The third-order valence-corrected chi connectivity index (χ3v) is 9.30. The van der Waals surface area contributed by atoms with E-state index in [2.05, 4.69) is 29.5 Å². The standard InChI is InChI=1S/C27H31ClF3N7OS/c1-40-38-6-4-18(5-7-38)34-25-32-11-20(27(29,30)31)24(35-25)22-13-37(16-33-22)23-3-2-17(8-21(23)28)12-36-14-26(15-36)9-19(39)10-26/h2-3,8,11,13,16,18-19,39H,4-7,9-10,12,14-15H2,1H3,(H,32,34,35). The van der Waals surface area contributed by atoms with Gasteiger partial charge in [-0.1, -0.05) is 29.6 Å². The van der Waals surface area contributed by atoms with Gasteiger partial charge < -0.3 is 15.0 Å². The number of rotatable bonds is 7. The molecule has 3 aromatic rings. The average Bonchev–Trinajstić information content (AvgIpc) is 3.36. The molecule has 2 saturated heterocycles. The average molecular weight is 594 g/mol. The Morgan fingerprint density at radius 3 is 2.58 bits per heavy atom. The molecule has 8 nitrogen and oxygen atoms in total. The molecule has 0 radical (unpaired) electrons. The van der Waals surface area contributed by atoms with Crippen LogP contribution in [0.25, 0.3) is 17.1 Å². The predicted molar refractivity (Wildman–Crippen MR) is 149 cm³/mol. The second-order valence-electron chi connectivity index (χ2n) is 11.1. The maximum atomic E-state index is 13.9. The second kappa shape index (κ2) is 10.8. The van der Waals surface area contributed by atoms with Crippen LogP contribution in [0.2, 0.25) is 5.02 Å². The van der Waals surface area contributed by atoms with Crippen LogP contribution in [0.15, 0.2) is 36.9 Å². The van der Waals surface area contributed by atoms with Crippen LogP contribution in [0, 0.1) is 5.41 Å². The van der Waals surface area contributed by atoms with Crippen LogP contribution in [-0.2, 0) is 12.7 Å². The number of likely N-dealkylation sites (tertiary alicyclic amines) is 1. The summed E-state index contributed by atoms with van der Waals surface area (Å²) in [6.07, 6.45) is 4.50. The highest BCUT2D eigenvalue weighted by Crippen LogP contribution is 2.48. The summed E-state index contributed by atoms with van der Waals surface area (Å²) in [4.78, 5) is 14.8. The first-order valence-electron chi connectivity index (χ1n) is 13.3. The van der Waals surface area contributed by atoms with Gasteiger partial charge >= 0.3 is 6.18 Å². The van der Waals surface area contributed by atoms with Gasteiger partial charge in [-0.05, 0) is 49.6 Å². The van der Waals surface area contributed by atoms with Crippen LogP contribution in [0.5, 0.6) is 0 Å². The number of aliphatic hydroxyl groups is 1. The fourth-order valence-corrected chi connectivity index (χ4v) is 7.00. The SMILES string of the molecule is CSN1CCC(Nc2ncc(C(F)(F)F)c(-c3cn(-c4ccc(CN5CC6(CC(O)C6)C5)cc4Cl)cn3)n2)CC1. The van der Waals surface area contributed by atoms with Gasteiger partial charge in [-0.25, -0.2) is 15.0 Å². The Labute approximate surface area is 240 Å². The lowest BCUT2D eigenvalue weighted by Crippen LogP contribution is -2.63. The van der Waals surface area contributed by atoms with Gasteiger partial charge in [-0.15, -0.1) is 0 Å². The van der Waals surface area contributed by atoms with E-state index in [1.807, 2.05) is 24.5 Å². The van der Waals surface area contributed by atoms with E-state index in [9.17, 15) is 18.3 Å². The van der Waals surface area contributed by atoms with Crippen molar-refractivity contribution in [2.24, 2.45) is 5.41 Å². The van der Waals surface area contributed by atoms with Crippen LogP contribution in [0.3, 0.4) is 0 Å². The van der Waals surface area contributed by atoms with Crippen LogP contribution in [0.4, 0.5) is 19.1 Å². The maximum absolute atomic E-state index is 13.9. The number of piperidine rings is 1. The molecule has 0 amide bonds. The van der Waals surface area contributed by atoms with Gasteiger partial charge in [0.25, 0.3) is 0 Å². The topological polar surface area (TPSA) is 82.3 Å². The molecule has 40 heavy (non-hydrogen) atoms. The van der Waals surface area contributed by atoms with E-state index >= 15 is 0 Å². The minimum absolute atomic E-state index is 0.0867. The number of alkyl halides is 3. The number of nitrogens with one attached hydrogen (secondary N) is 1. The summed E-state index contributed by atoms with van der Waals surface area (Å²) in [5.74, 6) is 0.159. The van der Waals surface area contributed by atoms with E-state index in [1.54, 1.807) is 16.5 Å². The number of nitrogens with zero attached hydrogens (tertiary/aromatic N) is 6. The lowest BCUT2D eigenvalue weighted by Gasteiger charge is -2.58. The van der Waals surface area contributed by atoms with E-state index in [0.29, 0.717) is 10.7 Å². The molecule has 2 aliphatic heterocycles. The van der Waals surface area contributed by atoms with Crippen LogP contribution < -0.4 is 5.32 Å². The molecule has 0 bridgehead atoms. The first-order chi connectivity index (χ1) is 19.1. The Bertz CT molecular complexity index is 1360. The molecular weight excluding hydrogens is 563 g/mol. The second-order valence-corrected chi connectivity index (χ2v) is 12.4. The summed E-state index contributed by atoms with van der Waals surface area (Å²) in [6.45, 7) is 4.48. The zero-order valence-electron chi connectivity index (χ0n) is 22.0. The lowest BCUT2D eigenvalue weighted by atomic mass is 9.62. The van der Waals surface area contributed by atoms with Crippen LogP contribution >= 0.6 is 23.5 Å². The van der Waals surface area contributed by atoms with Crippen molar-refractivity contribution in [2.45, 2.75) is 50.6 Å². The maximum Gasteiger partial charge on any atom is 0.420 e. The molecular formula is C27H31ClF3N7OS. The van der Waals surface area contributed by atoms with Gasteiger partial charge in [0, 0.05) is 56.6 Å². The number of aromatic nitrogens is 4. The number of benzene rings is 1. The lowest BCUT2D eigenvalue weighted by molar-refractivity contribution is -0.137. The minimum atomic E-state index is -4.63. The summed E-state index contributed by atoms with van der Waals surface area (Å²) < 4.78 is 45.6. The summed E-state index contributed by atoms with van der Waals surface area (Å²) in [7, 11) is 0. The Morgan fingerprint density at radius 1 is 1.18 bits per heavy atom.